The molecule has 1 aromatic rings. The molecule has 5 heteroatoms. The number of aromatic hydroxyl groups is 1. The van der Waals surface area contributed by atoms with E-state index in [1.807, 2.05) is 0 Å². The minimum atomic E-state index is -0.302. The summed E-state index contributed by atoms with van der Waals surface area (Å²) < 4.78 is 0. The lowest BCUT2D eigenvalue weighted by Gasteiger charge is -2.18. The van der Waals surface area contributed by atoms with Gasteiger partial charge >= 0.3 is 0 Å². The Bertz CT molecular complexity index is 407. The highest BCUT2D eigenvalue weighted by Gasteiger charge is 2.14. The van der Waals surface area contributed by atoms with Crippen LogP contribution in [0, 0.1) is 0 Å². The molecule has 0 aromatic heterocycles. The first-order valence-electron chi connectivity index (χ1n) is 5.34. The molecular weight excluding hydrogens is 240 g/mol. The Morgan fingerprint density at radius 2 is 2.18 bits per heavy atom. The number of nitrogens with zero attached hydrogens (tertiary/aromatic N) is 1. The zero-order valence-corrected chi connectivity index (χ0v) is 11.0. The number of phenolic OH excluding ortho intramolecular Hbond substituents is 1. The van der Waals surface area contributed by atoms with Crippen LogP contribution in [0.1, 0.15) is 12.5 Å². The fourth-order valence-corrected chi connectivity index (χ4v) is 1.63. The highest BCUT2D eigenvalue weighted by Crippen LogP contribution is 2.26. The van der Waals surface area contributed by atoms with Crippen molar-refractivity contribution >= 4 is 17.5 Å². The molecule has 2 N–H and O–H groups in total. The van der Waals surface area contributed by atoms with Crippen LogP contribution in [0.3, 0.4) is 0 Å². The first kappa shape index (κ1) is 13.8. The second-order valence-corrected chi connectivity index (χ2v) is 4.49. The van der Waals surface area contributed by atoms with E-state index in [9.17, 15) is 9.90 Å². The van der Waals surface area contributed by atoms with Crippen molar-refractivity contribution in [3.05, 3.63) is 28.8 Å². The van der Waals surface area contributed by atoms with Gasteiger partial charge in [0.1, 0.15) is 5.75 Å². The number of carbonyl (C=O) groups excluding carboxylic acids is 1. The smallest absolute Gasteiger partial charge is 0.238 e. The standard InChI is InChI=1S/C12H17ClN2O2/c1-8(12(17)15(2)3)14-7-9-5-4-6-10(13)11(9)16/h4-6,8,14,16H,7H2,1-3H3. The molecule has 0 bridgehead atoms. The van der Waals surface area contributed by atoms with Gasteiger partial charge in [-0.25, -0.2) is 0 Å². The molecule has 0 saturated carbocycles. The highest BCUT2D eigenvalue weighted by molar-refractivity contribution is 6.32. The van der Waals surface area contributed by atoms with E-state index in [4.69, 9.17) is 11.6 Å². The van der Waals surface area contributed by atoms with Crippen LogP contribution in [0.4, 0.5) is 0 Å². The van der Waals surface area contributed by atoms with Gasteiger partial charge in [0.2, 0.25) is 5.91 Å². The Labute approximate surface area is 106 Å². The Morgan fingerprint density at radius 3 is 2.76 bits per heavy atom. The zero-order chi connectivity index (χ0) is 13.0. The zero-order valence-electron chi connectivity index (χ0n) is 10.2. The lowest BCUT2D eigenvalue weighted by Crippen LogP contribution is -2.41. The number of hydrogen-bond donors (Lipinski definition) is 2. The summed E-state index contributed by atoms with van der Waals surface area (Å²) in [6, 6.07) is 4.84. The molecular formula is C12H17ClN2O2. The molecule has 0 aliphatic rings. The van der Waals surface area contributed by atoms with Gasteiger partial charge in [0, 0.05) is 26.2 Å². The molecule has 1 unspecified atom stereocenters. The summed E-state index contributed by atoms with van der Waals surface area (Å²) in [6.07, 6.45) is 0. The Balaban J connectivity index is 2.62. The fourth-order valence-electron chi connectivity index (χ4n) is 1.44. The van der Waals surface area contributed by atoms with Crippen LogP contribution in [0.2, 0.25) is 5.02 Å². The van der Waals surface area contributed by atoms with Crippen molar-refractivity contribution in [3.63, 3.8) is 0 Å². The molecule has 94 valence electrons. The molecule has 0 aliphatic carbocycles. The van der Waals surface area contributed by atoms with Gasteiger partial charge in [0.25, 0.3) is 0 Å². The number of rotatable bonds is 4. The number of phenols is 1. The molecule has 17 heavy (non-hydrogen) atoms. The maximum Gasteiger partial charge on any atom is 0.238 e. The summed E-state index contributed by atoms with van der Waals surface area (Å²) in [5, 5.41) is 13.0. The third-order valence-electron chi connectivity index (χ3n) is 2.48. The second-order valence-electron chi connectivity index (χ2n) is 4.08. The largest absolute Gasteiger partial charge is 0.506 e. The maximum absolute atomic E-state index is 11.6. The number of amides is 1. The van der Waals surface area contributed by atoms with Crippen molar-refractivity contribution in [3.8, 4) is 5.75 Å². The van der Waals surface area contributed by atoms with Gasteiger partial charge in [0.05, 0.1) is 11.1 Å². The van der Waals surface area contributed by atoms with E-state index in [0.29, 0.717) is 17.1 Å². The molecule has 1 aromatic carbocycles. The monoisotopic (exact) mass is 256 g/mol. The molecule has 0 saturated heterocycles. The first-order valence-corrected chi connectivity index (χ1v) is 5.72. The van der Waals surface area contributed by atoms with Gasteiger partial charge in [-0.1, -0.05) is 23.7 Å². The second kappa shape index (κ2) is 5.89. The van der Waals surface area contributed by atoms with Crippen LogP contribution in [0.5, 0.6) is 5.75 Å². The summed E-state index contributed by atoms with van der Waals surface area (Å²) >= 11 is 5.79. The number of para-hydroxylation sites is 1. The van der Waals surface area contributed by atoms with E-state index in [1.165, 1.54) is 4.90 Å². The van der Waals surface area contributed by atoms with Crippen molar-refractivity contribution < 1.29 is 9.90 Å². The Morgan fingerprint density at radius 1 is 1.53 bits per heavy atom. The van der Waals surface area contributed by atoms with Gasteiger partial charge in [-0.15, -0.1) is 0 Å². The van der Waals surface area contributed by atoms with Crippen LogP contribution < -0.4 is 5.32 Å². The van der Waals surface area contributed by atoms with Crippen LogP contribution in [0.15, 0.2) is 18.2 Å². The van der Waals surface area contributed by atoms with Crippen molar-refractivity contribution in [2.75, 3.05) is 14.1 Å². The number of carbonyl (C=O) groups is 1. The summed E-state index contributed by atoms with van der Waals surface area (Å²) in [6.45, 7) is 2.18. The van der Waals surface area contributed by atoms with Gasteiger partial charge in [-0.2, -0.15) is 0 Å². The average Bonchev–Trinajstić information content (AvgIpc) is 2.29. The summed E-state index contributed by atoms with van der Waals surface area (Å²) in [4.78, 5) is 13.1. The number of hydrogen-bond acceptors (Lipinski definition) is 3. The maximum atomic E-state index is 11.6. The normalized spacial score (nSPS) is 12.2. The summed E-state index contributed by atoms with van der Waals surface area (Å²) in [5.41, 5.74) is 0.677. The van der Waals surface area contributed by atoms with Crippen molar-refractivity contribution in [1.82, 2.24) is 10.2 Å². The molecule has 0 radical (unpaired) electrons. The average molecular weight is 257 g/mol. The van der Waals surface area contributed by atoms with E-state index in [0.717, 1.165) is 0 Å². The molecule has 1 rings (SSSR count). The lowest BCUT2D eigenvalue weighted by molar-refractivity contribution is -0.130. The first-order chi connectivity index (χ1) is 7.93. The van der Waals surface area contributed by atoms with Crippen LogP contribution in [-0.2, 0) is 11.3 Å². The third-order valence-corrected chi connectivity index (χ3v) is 2.79. The van der Waals surface area contributed by atoms with E-state index in [1.54, 1.807) is 39.2 Å². The molecule has 1 amide bonds. The third kappa shape index (κ3) is 3.61. The van der Waals surface area contributed by atoms with Crippen molar-refractivity contribution in [2.24, 2.45) is 0 Å². The van der Waals surface area contributed by atoms with Crippen LogP contribution in [-0.4, -0.2) is 36.1 Å². The number of likely N-dealkylation sites (N-methyl/N-ethyl adjacent to an activating group) is 1. The highest BCUT2D eigenvalue weighted by atomic mass is 35.5. The quantitative estimate of drug-likeness (QED) is 0.861. The molecule has 0 aliphatic heterocycles. The van der Waals surface area contributed by atoms with Gasteiger partial charge in [-0.05, 0) is 13.0 Å². The van der Waals surface area contributed by atoms with E-state index in [-0.39, 0.29) is 17.7 Å². The Hall–Kier alpha value is -1.26. The van der Waals surface area contributed by atoms with E-state index >= 15 is 0 Å². The van der Waals surface area contributed by atoms with Crippen molar-refractivity contribution in [1.29, 1.82) is 0 Å². The molecule has 0 heterocycles. The molecule has 0 spiro atoms. The predicted octanol–water partition coefficient (Wildman–Crippen LogP) is 1.61. The summed E-state index contributed by atoms with van der Waals surface area (Å²) in [5.74, 6) is 0.0534. The predicted molar refractivity (Wildman–Crippen MR) is 68.1 cm³/mol. The molecule has 1 atom stereocenters. The number of halogens is 1. The Kier molecular flexibility index (Phi) is 4.78. The fraction of sp³-hybridized carbons (Fsp3) is 0.417. The lowest BCUT2D eigenvalue weighted by atomic mass is 10.2. The van der Waals surface area contributed by atoms with E-state index < -0.39 is 0 Å². The van der Waals surface area contributed by atoms with Gasteiger partial charge < -0.3 is 15.3 Å². The number of benzene rings is 1. The minimum Gasteiger partial charge on any atom is -0.506 e. The number of nitrogens with one attached hydrogen (secondary N) is 1. The topological polar surface area (TPSA) is 52.6 Å². The van der Waals surface area contributed by atoms with Gasteiger partial charge in [0.15, 0.2) is 0 Å². The van der Waals surface area contributed by atoms with Gasteiger partial charge in [-0.3, -0.25) is 4.79 Å². The molecule has 0 fully saturated rings. The van der Waals surface area contributed by atoms with Crippen LogP contribution in [0.25, 0.3) is 0 Å². The minimum absolute atomic E-state index is 0.00785. The molecule has 4 nitrogen and oxygen atoms in total. The van der Waals surface area contributed by atoms with Crippen molar-refractivity contribution in [2.45, 2.75) is 19.5 Å². The summed E-state index contributed by atoms with van der Waals surface area (Å²) in [7, 11) is 3.41. The SMILES string of the molecule is CC(NCc1cccc(Cl)c1O)C(=O)N(C)C. The van der Waals surface area contributed by atoms with Crippen LogP contribution >= 0.6 is 11.6 Å². The van der Waals surface area contributed by atoms with E-state index in [2.05, 4.69) is 5.32 Å².